The fraction of sp³-hybridized carbons (Fsp3) is 0.300. The summed E-state index contributed by atoms with van der Waals surface area (Å²) in [6, 6.07) is 5.68. The number of benzene rings is 1. The first kappa shape index (κ1) is 12.8. The van der Waals surface area contributed by atoms with Gasteiger partial charge in [0.15, 0.2) is 0 Å². The van der Waals surface area contributed by atoms with E-state index in [-0.39, 0.29) is 0 Å². The van der Waals surface area contributed by atoms with Crippen LogP contribution in [-0.4, -0.2) is 31.2 Å². The van der Waals surface area contributed by atoms with E-state index in [1.807, 2.05) is 6.92 Å². The Balaban J connectivity index is 3.07. The topological polar surface area (TPSA) is 77.8 Å². The van der Waals surface area contributed by atoms with Crippen molar-refractivity contribution in [1.29, 1.82) is 0 Å². The highest BCUT2D eigenvalue weighted by Crippen LogP contribution is 2.21. The Morgan fingerprint density at radius 3 is 2.25 bits per heavy atom. The van der Waals surface area contributed by atoms with Gasteiger partial charge in [-0.2, -0.15) is 4.31 Å². The SMILES string of the molecule is Cc1ccc(C(C(=O)O)N(C)S(=O)O)cc1. The number of aliphatic carboxylic acids is 1. The molecule has 2 N–H and O–H groups in total. The standard InChI is InChI=1S/C10H13NO4S/c1-7-3-5-8(6-4-7)9(10(12)13)11(2)16(14)15/h3-6,9H,1-2H3,(H,12,13)(H,14,15). The van der Waals surface area contributed by atoms with Crippen LogP contribution in [0.25, 0.3) is 0 Å². The van der Waals surface area contributed by atoms with Crippen LogP contribution in [0.1, 0.15) is 17.2 Å². The number of carboxylic acids is 1. The lowest BCUT2D eigenvalue weighted by Gasteiger charge is -2.20. The fourth-order valence-corrected chi connectivity index (χ4v) is 1.74. The van der Waals surface area contributed by atoms with Crippen molar-refractivity contribution < 1.29 is 18.7 Å². The summed E-state index contributed by atoms with van der Waals surface area (Å²) in [6.07, 6.45) is 0. The second kappa shape index (κ2) is 5.20. The molecule has 0 saturated carbocycles. The number of hydrogen-bond donors (Lipinski definition) is 2. The van der Waals surface area contributed by atoms with Gasteiger partial charge in [-0.15, -0.1) is 0 Å². The van der Waals surface area contributed by atoms with E-state index < -0.39 is 23.3 Å². The van der Waals surface area contributed by atoms with Crippen molar-refractivity contribution in [2.24, 2.45) is 0 Å². The molecule has 2 unspecified atom stereocenters. The quantitative estimate of drug-likeness (QED) is 0.779. The lowest BCUT2D eigenvalue weighted by Crippen LogP contribution is -2.32. The van der Waals surface area contributed by atoms with Crippen molar-refractivity contribution in [1.82, 2.24) is 4.31 Å². The molecule has 0 aliphatic heterocycles. The van der Waals surface area contributed by atoms with Crippen molar-refractivity contribution in [2.75, 3.05) is 7.05 Å². The predicted octanol–water partition coefficient (Wildman–Crippen LogP) is 1.19. The van der Waals surface area contributed by atoms with Crippen molar-refractivity contribution in [3.05, 3.63) is 35.4 Å². The smallest absolute Gasteiger partial charge is 0.326 e. The monoisotopic (exact) mass is 243 g/mol. The minimum absolute atomic E-state index is 0.475. The third-order valence-electron chi connectivity index (χ3n) is 2.24. The Morgan fingerprint density at radius 2 is 1.88 bits per heavy atom. The highest BCUT2D eigenvalue weighted by atomic mass is 32.2. The summed E-state index contributed by atoms with van der Waals surface area (Å²) in [5, 5.41) is 9.03. The molecule has 0 radical (unpaired) electrons. The van der Waals surface area contributed by atoms with E-state index >= 15 is 0 Å². The van der Waals surface area contributed by atoms with Crippen LogP contribution in [0.2, 0.25) is 0 Å². The largest absolute Gasteiger partial charge is 0.480 e. The van der Waals surface area contributed by atoms with E-state index in [2.05, 4.69) is 0 Å². The lowest BCUT2D eigenvalue weighted by molar-refractivity contribution is -0.141. The molecule has 88 valence electrons. The molecular weight excluding hydrogens is 230 g/mol. The summed E-state index contributed by atoms with van der Waals surface area (Å²) in [6.45, 7) is 1.88. The Labute approximate surface area is 96.1 Å². The normalized spacial score (nSPS) is 14.8. The van der Waals surface area contributed by atoms with Crippen molar-refractivity contribution in [3.63, 3.8) is 0 Å². The zero-order valence-corrected chi connectivity index (χ0v) is 9.77. The van der Waals surface area contributed by atoms with Gasteiger partial charge in [-0.05, 0) is 12.5 Å². The van der Waals surface area contributed by atoms with E-state index in [1.165, 1.54) is 7.05 Å². The number of carbonyl (C=O) groups is 1. The zero-order chi connectivity index (χ0) is 12.3. The minimum Gasteiger partial charge on any atom is -0.480 e. The minimum atomic E-state index is -2.31. The van der Waals surface area contributed by atoms with Gasteiger partial charge in [-0.1, -0.05) is 29.8 Å². The first-order valence-corrected chi connectivity index (χ1v) is 5.63. The molecule has 0 aliphatic rings. The molecule has 1 rings (SSSR count). The van der Waals surface area contributed by atoms with E-state index in [0.29, 0.717) is 5.56 Å². The molecule has 0 aliphatic carbocycles. The Kier molecular flexibility index (Phi) is 4.17. The van der Waals surface area contributed by atoms with Gasteiger partial charge in [0.05, 0.1) is 0 Å². The van der Waals surface area contributed by atoms with Gasteiger partial charge in [0.25, 0.3) is 0 Å². The van der Waals surface area contributed by atoms with Gasteiger partial charge in [0, 0.05) is 7.05 Å². The third kappa shape index (κ3) is 2.88. The van der Waals surface area contributed by atoms with Crippen LogP contribution in [0.3, 0.4) is 0 Å². The number of aryl methyl sites for hydroxylation is 1. The molecule has 0 fully saturated rings. The average molecular weight is 243 g/mol. The molecule has 6 heteroatoms. The summed E-state index contributed by atoms with van der Waals surface area (Å²) in [7, 11) is 1.29. The molecule has 0 bridgehead atoms. The number of carboxylic acid groups (broad SMARTS) is 1. The van der Waals surface area contributed by atoms with Gasteiger partial charge in [0.1, 0.15) is 6.04 Å². The second-order valence-corrected chi connectivity index (χ2v) is 4.47. The Bertz CT molecular complexity index is 404. The molecule has 1 aromatic carbocycles. The maximum atomic E-state index is 11.0. The van der Waals surface area contributed by atoms with Crippen LogP contribution >= 0.6 is 0 Å². The van der Waals surface area contributed by atoms with Gasteiger partial charge in [0.2, 0.25) is 11.3 Å². The number of nitrogens with zero attached hydrogens (tertiary/aromatic N) is 1. The Hall–Kier alpha value is -1.24. The molecule has 0 heterocycles. The van der Waals surface area contributed by atoms with Crippen molar-refractivity contribution in [2.45, 2.75) is 13.0 Å². The molecule has 0 spiro atoms. The van der Waals surface area contributed by atoms with Crippen LogP contribution < -0.4 is 0 Å². The highest BCUT2D eigenvalue weighted by molar-refractivity contribution is 7.76. The molecular formula is C10H13NO4S. The summed E-state index contributed by atoms with van der Waals surface area (Å²) < 4.78 is 20.6. The van der Waals surface area contributed by atoms with Gasteiger partial charge in [-0.3, -0.25) is 9.35 Å². The number of likely N-dealkylation sites (N-methyl/N-ethyl adjacent to an activating group) is 1. The van der Waals surface area contributed by atoms with Crippen molar-refractivity contribution >= 4 is 17.2 Å². The van der Waals surface area contributed by atoms with E-state index in [9.17, 15) is 9.00 Å². The van der Waals surface area contributed by atoms with Crippen LogP contribution in [-0.2, 0) is 16.1 Å². The van der Waals surface area contributed by atoms with Crippen molar-refractivity contribution in [3.8, 4) is 0 Å². The van der Waals surface area contributed by atoms with E-state index in [4.69, 9.17) is 9.66 Å². The predicted molar refractivity (Wildman–Crippen MR) is 60.1 cm³/mol. The molecule has 0 amide bonds. The molecule has 0 saturated heterocycles. The molecule has 16 heavy (non-hydrogen) atoms. The van der Waals surface area contributed by atoms with Gasteiger partial charge in [-0.25, -0.2) is 4.21 Å². The average Bonchev–Trinajstić information content (AvgIpc) is 2.20. The maximum Gasteiger partial charge on any atom is 0.326 e. The van der Waals surface area contributed by atoms with Crippen LogP contribution in [0.15, 0.2) is 24.3 Å². The summed E-state index contributed by atoms with van der Waals surface area (Å²) in [4.78, 5) is 11.0. The van der Waals surface area contributed by atoms with Crippen LogP contribution in [0.4, 0.5) is 0 Å². The van der Waals surface area contributed by atoms with E-state index in [1.54, 1.807) is 24.3 Å². The maximum absolute atomic E-state index is 11.0. The number of rotatable bonds is 4. The summed E-state index contributed by atoms with van der Waals surface area (Å²) in [5.41, 5.74) is 1.48. The zero-order valence-electron chi connectivity index (χ0n) is 8.95. The first-order valence-electron chi connectivity index (χ1n) is 4.56. The summed E-state index contributed by atoms with van der Waals surface area (Å²) >= 11 is -2.31. The summed E-state index contributed by atoms with van der Waals surface area (Å²) in [5.74, 6) is -1.16. The van der Waals surface area contributed by atoms with Crippen LogP contribution in [0.5, 0.6) is 0 Å². The van der Waals surface area contributed by atoms with Crippen LogP contribution in [0, 0.1) is 6.92 Å². The molecule has 5 nitrogen and oxygen atoms in total. The highest BCUT2D eigenvalue weighted by Gasteiger charge is 2.27. The molecule has 1 aromatic rings. The van der Waals surface area contributed by atoms with Gasteiger partial charge >= 0.3 is 5.97 Å². The molecule has 2 atom stereocenters. The third-order valence-corrected chi connectivity index (χ3v) is 2.94. The number of hydrogen-bond acceptors (Lipinski definition) is 2. The first-order chi connectivity index (χ1) is 7.43. The van der Waals surface area contributed by atoms with E-state index in [0.717, 1.165) is 9.87 Å². The molecule has 0 aromatic heterocycles. The Morgan fingerprint density at radius 1 is 1.38 bits per heavy atom. The fourth-order valence-electron chi connectivity index (χ4n) is 1.35. The second-order valence-electron chi connectivity index (χ2n) is 3.43. The lowest BCUT2D eigenvalue weighted by atomic mass is 10.1. The van der Waals surface area contributed by atoms with Gasteiger partial charge < -0.3 is 5.11 Å².